The van der Waals surface area contributed by atoms with E-state index in [2.05, 4.69) is 17.0 Å². The molecule has 1 aliphatic rings. The van der Waals surface area contributed by atoms with Crippen LogP contribution in [0.5, 0.6) is 5.75 Å². The average molecular weight is 343 g/mol. The lowest BCUT2D eigenvalue weighted by Gasteiger charge is -2.29. The van der Waals surface area contributed by atoms with Gasteiger partial charge in [0.05, 0.1) is 11.9 Å². The summed E-state index contributed by atoms with van der Waals surface area (Å²) in [5.41, 5.74) is 2.02. The molecule has 0 atom stereocenters. The standard InChI is InChI=1S/C19H19F2N3O/c1-23-8-6-13(7-9-23)12-2-4-15(5-3-12)24-18-14(11-22-24)10-16(20)19(25)17(18)21/h2-5,10-11,13,25H,6-9H2,1H3. The molecule has 1 fully saturated rings. The summed E-state index contributed by atoms with van der Waals surface area (Å²) in [5.74, 6) is -2.42. The lowest BCUT2D eigenvalue weighted by molar-refractivity contribution is 0.255. The summed E-state index contributed by atoms with van der Waals surface area (Å²) in [5, 5.41) is 14.0. The molecule has 1 saturated heterocycles. The number of aromatic hydroxyl groups is 1. The van der Waals surface area contributed by atoms with E-state index in [1.807, 2.05) is 24.3 Å². The Labute approximate surface area is 144 Å². The maximum Gasteiger partial charge on any atom is 0.194 e. The van der Waals surface area contributed by atoms with E-state index in [4.69, 9.17) is 0 Å². The fourth-order valence-electron chi connectivity index (χ4n) is 3.53. The number of fused-ring (bicyclic) bond motifs is 1. The third kappa shape index (κ3) is 2.76. The SMILES string of the molecule is CN1CCC(c2ccc(-n3ncc4cc(F)c(O)c(F)c43)cc2)CC1. The molecule has 4 nitrogen and oxygen atoms in total. The van der Waals surface area contributed by atoms with Gasteiger partial charge in [-0.15, -0.1) is 0 Å². The predicted octanol–water partition coefficient (Wildman–Crippen LogP) is 3.82. The summed E-state index contributed by atoms with van der Waals surface area (Å²) in [6.07, 6.45) is 3.65. The van der Waals surface area contributed by atoms with Crippen molar-refractivity contribution >= 4 is 10.9 Å². The second-order valence-corrected chi connectivity index (χ2v) is 6.68. The van der Waals surface area contributed by atoms with Crippen molar-refractivity contribution in [1.29, 1.82) is 0 Å². The van der Waals surface area contributed by atoms with Crippen molar-refractivity contribution in [2.75, 3.05) is 20.1 Å². The molecule has 0 bridgehead atoms. The maximum absolute atomic E-state index is 14.3. The highest BCUT2D eigenvalue weighted by molar-refractivity contribution is 5.82. The lowest BCUT2D eigenvalue weighted by atomic mass is 9.89. The Balaban J connectivity index is 1.69. The molecule has 1 aromatic heterocycles. The normalized spacial score (nSPS) is 16.6. The average Bonchev–Trinajstić information content (AvgIpc) is 3.04. The zero-order valence-corrected chi connectivity index (χ0v) is 13.9. The number of phenolic OH excluding ortho intramolecular Hbond substituents is 1. The number of piperidine rings is 1. The van der Waals surface area contributed by atoms with E-state index in [1.54, 1.807) is 0 Å². The van der Waals surface area contributed by atoms with E-state index in [0.29, 0.717) is 17.0 Å². The molecule has 1 aliphatic heterocycles. The van der Waals surface area contributed by atoms with Crippen LogP contribution >= 0.6 is 0 Å². The predicted molar refractivity (Wildman–Crippen MR) is 92.1 cm³/mol. The van der Waals surface area contributed by atoms with Crippen molar-refractivity contribution in [3.05, 3.63) is 53.7 Å². The van der Waals surface area contributed by atoms with Gasteiger partial charge in [-0.25, -0.2) is 13.5 Å². The number of aromatic nitrogens is 2. The van der Waals surface area contributed by atoms with Gasteiger partial charge in [-0.2, -0.15) is 5.10 Å². The van der Waals surface area contributed by atoms with Gasteiger partial charge in [0.15, 0.2) is 17.4 Å². The first-order valence-electron chi connectivity index (χ1n) is 8.38. The molecule has 2 heterocycles. The van der Waals surface area contributed by atoms with Crippen LogP contribution < -0.4 is 0 Å². The molecule has 1 N–H and O–H groups in total. The van der Waals surface area contributed by atoms with Crippen LogP contribution in [0.1, 0.15) is 24.3 Å². The molecule has 130 valence electrons. The second-order valence-electron chi connectivity index (χ2n) is 6.68. The van der Waals surface area contributed by atoms with E-state index in [0.717, 1.165) is 32.0 Å². The summed E-state index contributed by atoms with van der Waals surface area (Å²) < 4.78 is 29.2. The smallest absolute Gasteiger partial charge is 0.194 e. The molecule has 4 rings (SSSR count). The van der Waals surface area contributed by atoms with Gasteiger partial charge in [0, 0.05) is 5.39 Å². The number of rotatable bonds is 2. The third-order valence-electron chi connectivity index (χ3n) is 5.05. The number of hydrogen-bond acceptors (Lipinski definition) is 3. The molecule has 0 unspecified atom stereocenters. The Morgan fingerprint density at radius 3 is 2.48 bits per heavy atom. The van der Waals surface area contributed by atoms with E-state index in [-0.39, 0.29) is 5.52 Å². The van der Waals surface area contributed by atoms with Crippen LogP contribution in [0.3, 0.4) is 0 Å². The molecule has 25 heavy (non-hydrogen) atoms. The van der Waals surface area contributed by atoms with Gasteiger partial charge in [0.2, 0.25) is 0 Å². The first kappa shape index (κ1) is 16.0. The van der Waals surface area contributed by atoms with Crippen molar-refractivity contribution in [2.45, 2.75) is 18.8 Å². The van der Waals surface area contributed by atoms with Crippen LogP contribution in [0.15, 0.2) is 36.5 Å². The molecular formula is C19H19F2N3O. The van der Waals surface area contributed by atoms with E-state index in [1.165, 1.54) is 16.4 Å². The number of likely N-dealkylation sites (tertiary alicyclic amines) is 1. The van der Waals surface area contributed by atoms with Gasteiger partial charge in [0.1, 0.15) is 5.52 Å². The van der Waals surface area contributed by atoms with Crippen LogP contribution in [-0.4, -0.2) is 39.9 Å². The Morgan fingerprint density at radius 2 is 1.80 bits per heavy atom. The summed E-state index contributed by atoms with van der Waals surface area (Å²) >= 11 is 0. The Hall–Kier alpha value is -2.47. The van der Waals surface area contributed by atoms with Crippen molar-refractivity contribution in [3.63, 3.8) is 0 Å². The minimum atomic E-state index is -0.994. The summed E-state index contributed by atoms with van der Waals surface area (Å²) in [7, 11) is 2.13. The van der Waals surface area contributed by atoms with E-state index in [9.17, 15) is 13.9 Å². The highest BCUT2D eigenvalue weighted by Crippen LogP contribution is 2.31. The number of phenols is 1. The monoisotopic (exact) mass is 343 g/mol. The topological polar surface area (TPSA) is 41.3 Å². The molecule has 2 aromatic carbocycles. The quantitative estimate of drug-likeness (QED) is 0.769. The van der Waals surface area contributed by atoms with Crippen molar-refractivity contribution < 1.29 is 13.9 Å². The fourth-order valence-corrected chi connectivity index (χ4v) is 3.53. The fraction of sp³-hybridized carbons (Fsp3) is 0.316. The highest BCUT2D eigenvalue weighted by atomic mass is 19.1. The van der Waals surface area contributed by atoms with E-state index >= 15 is 0 Å². The number of nitrogens with zero attached hydrogens (tertiary/aromatic N) is 3. The minimum absolute atomic E-state index is 0.0749. The zero-order valence-electron chi connectivity index (χ0n) is 13.9. The number of hydrogen-bond donors (Lipinski definition) is 1. The zero-order chi connectivity index (χ0) is 17.6. The summed E-state index contributed by atoms with van der Waals surface area (Å²) in [6, 6.07) is 8.95. The molecule has 0 saturated carbocycles. The molecule has 0 radical (unpaired) electrons. The lowest BCUT2D eigenvalue weighted by Crippen LogP contribution is -2.29. The first-order valence-corrected chi connectivity index (χ1v) is 8.38. The first-order chi connectivity index (χ1) is 12.0. The number of halogens is 2. The Morgan fingerprint density at radius 1 is 1.12 bits per heavy atom. The highest BCUT2D eigenvalue weighted by Gasteiger charge is 2.20. The number of benzene rings is 2. The minimum Gasteiger partial charge on any atom is -0.503 e. The summed E-state index contributed by atoms with van der Waals surface area (Å²) in [6.45, 7) is 2.18. The van der Waals surface area contributed by atoms with Crippen molar-refractivity contribution in [3.8, 4) is 11.4 Å². The molecule has 0 amide bonds. The Kier molecular flexibility index (Phi) is 3.92. The van der Waals surface area contributed by atoms with Crippen LogP contribution in [0, 0.1) is 11.6 Å². The van der Waals surface area contributed by atoms with Gasteiger partial charge in [-0.3, -0.25) is 0 Å². The maximum atomic E-state index is 14.3. The van der Waals surface area contributed by atoms with Crippen molar-refractivity contribution in [1.82, 2.24) is 14.7 Å². The van der Waals surface area contributed by atoms with Crippen molar-refractivity contribution in [2.24, 2.45) is 0 Å². The van der Waals surface area contributed by atoms with Gasteiger partial charge < -0.3 is 10.0 Å². The van der Waals surface area contributed by atoms with Gasteiger partial charge >= 0.3 is 0 Å². The molecule has 6 heteroatoms. The summed E-state index contributed by atoms with van der Waals surface area (Å²) in [4.78, 5) is 2.33. The molecular weight excluding hydrogens is 324 g/mol. The molecule has 0 spiro atoms. The Bertz CT molecular complexity index is 913. The van der Waals surface area contributed by atoms with Crippen LogP contribution in [-0.2, 0) is 0 Å². The van der Waals surface area contributed by atoms with Gasteiger partial charge in [0.25, 0.3) is 0 Å². The largest absolute Gasteiger partial charge is 0.503 e. The van der Waals surface area contributed by atoms with E-state index < -0.39 is 17.4 Å². The molecule has 0 aliphatic carbocycles. The van der Waals surface area contributed by atoms with Crippen LogP contribution in [0.2, 0.25) is 0 Å². The van der Waals surface area contributed by atoms with Crippen LogP contribution in [0.4, 0.5) is 8.78 Å². The van der Waals surface area contributed by atoms with Gasteiger partial charge in [-0.1, -0.05) is 12.1 Å². The molecule has 3 aromatic rings. The third-order valence-corrected chi connectivity index (χ3v) is 5.05. The van der Waals surface area contributed by atoms with Crippen LogP contribution in [0.25, 0.3) is 16.6 Å². The van der Waals surface area contributed by atoms with Gasteiger partial charge in [-0.05, 0) is 62.7 Å². The second kappa shape index (κ2) is 6.11.